The van der Waals surface area contributed by atoms with E-state index in [0.717, 1.165) is 56.1 Å². The normalized spacial score (nSPS) is 14.9. The summed E-state index contributed by atoms with van der Waals surface area (Å²) >= 11 is 0. The summed E-state index contributed by atoms with van der Waals surface area (Å²) in [6, 6.07) is 22.3. The average molecular weight is 414 g/mol. The van der Waals surface area contributed by atoms with Crippen molar-refractivity contribution >= 4 is 16.7 Å². The lowest BCUT2D eigenvalue weighted by atomic mass is 10.1. The van der Waals surface area contributed by atoms with Crippen LogP contribution in [-0.4, -0.2) is 52.4 Å². The fourth-order valence-electron chi connectivity index (χ4n) is 4.39. The summed E-state index contributed by atoms with van der Waals surface area (Å²) in [7, 11) is 0. The van der Waals surface area contributed by atoms with Gasteiger partial charge in [0.25, 0.3) is 5.56 Å². The average Bonchev–Trinajstić information content (AvgIpc) is 3.16. The van der Waals surface area contributed by atoms with E-state index in [1.54, 1.807) is 4.68 Å². The van der Waals surface area contributed by atoms with E-state index in [0.29, 0.717) is 11.0 Å². The second-order valence-corrected chi connectivity index (χ2v) is 8.16. The highest BCUT2D eigenvalue weighted by molar-refractivity contribution is 5.78. The first-order valence-electron chi connectivity index (χ1n) is 10.9. The van der Waals surface area contributed by atoms with E-state index >= 15 is 0 Å². The van der Waals surface area contributed by atoms with E-state index in [1.165, 1.54) is 5.69 Å². The van der Waals surface area contributed by atoms with Gasteiger partial charge in [-0.2, -0.15) is 0 Å². The topological polar surface area (TPSA) is 57.2 Å². The van der Waals surface area contributed by atoms with Gasteiger partial charge in [0.1, 0.15) is 0 Å². The number of benzene rings is 2. The van der Waals surface area contributed by atoms with Crippen molar-refractivity contribution in [2.75, 3.05) is 37.6 Å². The van der Waals surface area contributed by atoms with Crippen molar-refractivity contribution in [2.45, 2.75) is 13.3 Å². The molecule has 3 heterocycles. The van der Waals surface area contributed by atoms with Crippen molar-refractivity contribution in [1.29, 1.82) is 0 Å². The van der Waals surface area contributed by atoms with Crippen LogP contribution in [0, 0.1) is 6.92 Å². The van der Waals surface area contributed by atoms with Crippen molar-refractivity contribution in [3.8, 4) is 5.69 Å². The fraction of sp³-hybridized carbons (Fsp3) is 0.280. The number of piperazine rings is 1. The van der Waals surface area contributed by atoms with E-state index in [4.69, 9.17) is 4.98 Å². The number of H-pyrrole nitrogens is 1. The predicted molar refractivity (Wildman–Crippen MR) is 125 cm³/mol. The molecular formula is C25H27N5O. The molecular weight excluding hydrogens is 386 g/mol. The van der Waals surface area contributed by atoms with Crippen LogP contribution in [0.25, 0.3) is 16.7 Å². The third-order valence-electron chi connectivity index (χ3n) is 6.10. The highest BCUT2D eigenvalue weighted by Gasteiger charge is 2.18. The van der Waals surface area contributed by atoms with Crippen LogP contribution in [0.15, 0.2) is 71.5 Å². The summed E-state index contributed by atoms with van der Waals surface area (Å²) in [6.45, 7) is 7.17. The Hall–Kier alpha value is -3.38. The van der Waals surface area contributed by atoms with Gasteiger partial charge in [-0.15, -0.1) is 0 Å². The van der Waals surface area contributed by atoms with Gasteiger partial charge in [-0.05, 0) is 42.8 Å². The van der Waals surface area contributed by atoms with Gasteiger partial charge in [0.15, 0.2) is 5.65 Å². The summed E-state index contributed by atoms with van der Waals surface area (Å²) in [6.07, 6.45) is 0.876. The van der Waals surface area contributed by atoms with Crippen LogP contribution in [0.1, 0.15) is 11.3 Å². The number of rotatable bonds is 5. The first kappa shape index (κ1) is 19.6. The van der Waals surface area contributed by atoms with E-state index in [9.17, 15) is 4.79 Å². The molecule has 2 aromatic heterocycles. The Kier molecular flexibility index (Phi) is 5.30. The summed E-state index contributed by atoms with van der Waals surface area (Å²) < 4.78 is 1.58. The van der Waals surface area contributed by atoms with Gasteiger partial charge in [-0.25, -0.2) is 9.67 Å². The Morgan fingerprint density at radius 2 is 1.55 bits per heavy atom. The molecule has 6 heteroatoms. The zero-order chi connectivity index (χ0) is 21.2. The third-order valence-corrected chi connectivity index (χ3v) is 6.10. The molecule has 4 aromatic rings. The van der Waals surface area contributed by atoms with Crippen LogP contribution in [-0.2, 0) is 6.42 Å². The molecule has 1 aliphatic heterocycles. The van der Waals surface area contributed by atoms with Crippen LogP contribution in [0.3, 0.4) is 0 Å². The van der Waals surface area contributed by atoms with Gasteiger partial charge < -0.3 is 4.90 Å². The Morgan fingerprint density at radius 3 is 2.23 bits per heavy atom. The van der Waals surface area contributed by atoms with Gasteiger partial charge >= 0.3 is 0 Å². The molecule has 1 saturated heterocycles. The maximum absolute atomic E-state index is 12.9. The number of hydrogen-bond acceptors (Lipinski definition) is 4. The van der Waals surface area contributed by atoms with Gasteiger partial charge in [-0.3, -0.25) is 14.8 Å². The molecule has 0 bridgehead atoms. The van der Waals surface area contributed by atoms with E-state index in [2.05, 4.69) is 51.3 Å². The van der Waals surface area contributed by atoms with Gasteiger partial charge in [0, 0.05) is 50.5 Å². The molecule has 31 heavy (non-hydrogen) atoms. The van der Waals surface area contributed by atoms with Gasteiger partial charge in [0.2, 0.25) is 0 Å². The molecule has 2 aromatic carbocycles. The fourth-order valence-corrected chi connectivity index (χ4v) is 4.39. The number of nitrogens with one attached hydrogen (secondary N) is 1. The van der Waals surface area contributed by atoms with Crippen LogP contribution in [0.2, 0.25) is 0 Å². The molecule has 0 atom stereocenters. The zero-order valence-electron chi connectivity index (χ0n) is 17.8. The lowest BCUT2D eigenvalue weighted by Gasteiger charge is -2.36. The Bertz CT molecular complexity index is 1220. The van der Waals surface area contributed by atoms with Crippen LogP contribution in [0.4, 0.5) is 5.69 Å². The molecule has 1 N–H and O–H groups in total. The molecule has 0 amide bonds. The number of anilines is 1. The molecule has 0 saturated carbocycles. The quantitative estimate of drug-likeness (QED) is 0.545. The number of aromatic nitrogens is 3. The summed E-state index contributed by atoms with van der Waals surface area (Å²) in [5.41, 5.74) is 4.74. The Balaban J connectivity index is 1.28. The monoisotopic (exact) mass is 413 g/mol. The highest BCUT2D eigenvalue weighted by atomic mass is 16.1. The lowest BCUT2D eigenvalue weighted by Crippen LogP contribution is -2.47. The smallest absolute Gasteiger partial charge is 0.281 e. The van der Waals surface area contributed by atoms with Crippen LogP contribution >= 0.6 is 0 Å². The first-order valence-corrected chi connectivity index (χ1v) is 10.9. The first-order chi connectivity index (χ1) is 15.2. The van der Waals surface area contributed by atoms with E-state index in [-0.39, 0.29) is 5.56 Å². The van der Waals surface area contributed by atoms with Crippen LogP contribution < -0.4 is 10.5 Å². The zero-order valence-corrected chi connectivity index (χ0v) is 17.8. The summed E-state index contributed by atoms with van der Waals surface area (Å²) in [4.78, 5) is 22.6. The van der Waals surface area contributed by atoms with Crippen molar-refractivity contribution in [2.24, 2.45) is 0 Å². The number of aryl methyl sites for hydroxylation is 1. The van der Waals surface area contributed by atoms with Crippen molar-refractivity contribution in [3.63, 3.8) is 0 Å². The number of para-hydroxylation sites is 2. The second kappa shape index (κ2) is 8.40. The van der Waals surface area contributed by atoms with Gasteiger partial charge in [-0.1, -0.05) is 36.4 Å². The molecule has 5 rings (SSSR count). The Labute approximate surface area is 181 Å². The lowest BCUT2D eigenvalue weighted by molar-refractivity contribution is 0.260. The number of fused-ring (bicyclic) bond motifs is 1. The number of aromatic amines is 1. The number of hydrogen-bond donors (Lipinski definition) is 1. The van der Waals surface area contributed by atoms with E-state index < -0.39 is 0 Å². The number of nitrogens with zero attached hydrogens (tertiary/aromatic N) is 4. The van der Waals surface area contributed by atoms with Crippen LogP contribution in [0.5, 0.6) is 0 Å². The summed E-state index contributed by atoms with van der Waals surface area (Å²) in [5.74, 6) is 0. The maximum Gasteiger partial charge on any atom is 0.281 e. The molecule has 0 aliphatic carbocycles. The number of pyridine rings is 1. The second-order valence-electron chi connectivity index (χ2n) is 8.16. The van der Waals surface area contributed by atoms with Crippen molar-refractivity contribution < 1.29 is 0 Å². The van der Waals surface area contributed by atoms with Crippen molar-refractivity contribution in [3.05, 3.63) is 88.3 Å². The minimum atomic E-state index is -0.0465. The maximum atomic E-state index is 12.9. The standard InChI is InChI=1S/C25H27N5O/c1-19-18-20(12-13-28-14-16-29(17-15-28)21-8-4-2-5-9-21)26-24-23(19)25(31)30(27-24)22-10-6-3-7-11-22/h2-11,18H,12-17H2,1H3,(H,26,27). The molecule has 0 unspecified atom stereocenters. The third kappa shape index (κ3) is 3.99. The predicted octanol–water partition coefficient (Wildman–Crippen LogP) is 3.39. The highest BCUT2D eigenvalue weighted by Crippen LogP contribution is 2.17. The molecule has 1 fully saturated rings. The van der Waals surface area contributed by atoms with Gasteiger partial charge in [0.05, 0.1) is 11.1 Å². The SMILES string of the molecule is Cc1cc(CCN2CCN(c3ccccc3)CC2)nc2[nH]n(-c3ccccc3)c(=O)c12. The molecule has 1 aliphatic rings. The Morgan fingerprint density at radius 1 is 0.903 bits per heavy atom. The summed E-state index contributed by atoms with van der Waals surface area (Å²) in [5, 5.41) is 3.87. The van der Waals surface area contributed by atoms with E-state index in [1.807, 2.05) is 37.3 Å². The minimum absolute atomic E-state index is 0.0465. The molecule has 0 spiro atoms. The van der Waals surface area contributed by atoms with Crippen molar-refractivity contribution in [1.82, 2.24) is 19.7 Å². The molecule has 158 valence electrons. The largest absolute Gasteiger partial charge is 0.369 e. The molecule has 0 radical (unpaired) electrons. The molecule has 6 nitrogen and oxygen atoms in total. The minimum Gasteiger partial charge on any atom is -0.369 e.